The minimum absolute atomic E-state index is 0.0633. The van der Waals surface area contributed by atoms with Gasteiger partial charge in [0.1, 0.15) is 5.82 Å². The zero-order chi connectivity index (χ0) is 20.0. The third-order valence-electron chi connectivity index (χ3n) is 3.43. The van der Waals surface area contributed by atoms with Crippen molar-refractivity contribution in [2.45, 2.75) is 20.1 Å². The van der Waals surface area contributed by atoms with Crippen molar-refractivity contribution in [1.29, 1.82) is 0 Å². The molecule has 2 amide bonds. The number of hydrogen-bond donors (Lipinski definition) is 2. The first-order valence-corrected chi connectivity index (χ1v) is 7.77. The van der Waals surface area contributed by atoms with Gasteiger partial charge in [0.25, 0.3) is 5.91 Å². The summed E-state index contributed by atoms with van der Waals surface area (Å²) in [5.74, 6) is -1.93. The van der Waals surface area contributed by atoms with Crippen molar-refractivity contribution in [2.75, 3.05) is 12.4 Å². The predicted molar refractivity (Wildman–Crippen MR) is 91.5 cm³/mol. The molecule has 9 heteroatoms. The van der Waals surface area contributed by atoms with Gasteiger partial charge < -0.3 is 20.1 Å². The minimum atomic E-state index is -3.03. The molecule has 2 aromatic carbocycles. The van der Waals surface area contributed by atoms with Crippen LogP contribution in [0, 0.1) is 5.82 Å². The summed E-state index contributed by atoms with van der Waals surface area (Å²) in [7, 11) is 1.31. The SMILES string of the molecule is COc1ccc(CNC(=O)c2cc(NC(C)=O)ccc2F)cc1OC(F)F. The van der Waals surface area contributed by atoms with Gasteiger partial charge in [-0.25, -0.2) is 4.39 Å². The summed E-state index contributed by atoms with van der Waals surface area (Å²) >= 11 is 0. The lowest BCUT2D eigenvalue weighted by Crippen LogP contribution is -2.24. The number of carbonyl (C=O) groups excluding carboxylic acids is 2. The van der Waals surface area contributed by atoms with Gasteiger partial charge in [-0.3, -0.25) is 9.59 Å². The highest BCUT2D eigenvalue weighted by molar-refractivity contribution is 5.97. The van der Waals surface area contributed by atoms with Gasteiger partial charge in [0.15, 0.2) is 11.5 Å². The second-order valence-electron chi connectivity index (χ2n) is 5.42. The van der Waals surface area contributed by atoms with Crippen LogP contribution >= 0.6 is 0 Å². The summed E-state index contributed by atoms with van der Waals surface area (Å²) in [6.45, 7) is -1.81. The number of hydrogen-bond acceptors (Lipinski definition) is 4. The van der Waals surface area contributed by atoms with Crippen molar-refractivity contribution in [2.24, 2.45) is 0 Å². The maximum Gasteiger partial charge on any atom is 0.387 e. The molecule has 2 rings (SSSR count). The van der Waals surface area contributed by atoms with Gasteiger partial charge in [-0.2, -0.15) is 8.78 Å². The van der Waals surface area contributed by atoms with Crippen LogP contribution in [0.5, 0.6) is 11.5 Å². The standard InChI is InChI=1S/C18H17F3N2O4/c1-10(24)23-12-4-5-14(19)13(8-12)17(25)22-9-11-3-6-15(26-2)16(7-11)27-18(20)21/h3-8,18H,9H2,1-2H3,(H,22,25)(H,23,24). The third-order valence-corrected chi connectivity index (χ3v) is 3.43. The Labute approximate surface area is 153 Å². The molecule has 0 aliphatic carbocycles. The smallest absolute Gasteiger partial charge is 0.387 e. The first kappa shape index (κ1) is 20.1. The Balaban J connectivity index is 2.12. The topological polar surface area (TPSA) is 76.7 Å². The van der Waals surface area contributed by atoms with Crippen LogP contribution in [0.1, 0.15) is 22.8 Å². The van der Waals surface area contributed by atoms with Crippen molar-refractivity contribution < 1.29 is 32.2 Å². The Bertz CT molecular complexity index is 843. The number of anilines is 1. The lowest BCUT2D eigenvalue weighted by Gasteiger charge is -2.12. The van der Waals surface area contributed by atoms with Gasteiger partial charge in [0.05, 0.1) is 12.7 Å². The highest BCUT2D eigenvalue weighted by Gasteiger charge is 2.15. The average molecular weight is 382 g/mol. The normalized spacial score (nSPS) is 10.4. The summed E-state index contributed by atoms with van der Waals surface area (Å²) in [5.41, 5.74) is 0.447. The number of rotatable bonds is 7. The number of nitrogens with one attached hydrogen (secondary N) is 2. The van der Waals surface area contributed by atoms with Crippen molar-refractivity contribution in [1.82, 2.24) is 5.32 Å². The fraction of sp³-hybridized carbons (Fsp3) is 0.222. The summed E-state index contributed by atoms with van der Waals surface area (Å²) < 4.78 is 48.1. The molecule has 0 fully saturated rings. The molecule has 0 radical (unpaired) electrons. The number of ether oxygens (including phenoxy) is 2. The number of halogens is 3. The monoisotopic (exact) mass is 382 g/mol. The van der Waals surface area contributed by atoms with Gasteiger partial charge in [0, 0.05) is 19.2 Å². The Kier molecular flexibility index (Phi) is 6.64. The van der Waals surface area contributed by atoms with Gasteiger partial charge in [-0.15, -0.1) is 0 Å². The number of amides is 2. The van der Waals surface area contributed by atoms with Crippen LogP contribution in [0.15, 0.2) is 36.4 Å². The van der Waals surface area contributed by atoms with Crippen molar-refractivity contribution in [3.8, 4) is 11.5 Å². The molecule has 0 aliphatic heterocycles. The van der Waals surface area contributed by atoms with Crippen molar-refractivity contribution in [3.05, 3.63) is 53.3 Å². The maximum atomic E-state index is 13.9. The molecular weight excluding hydrogens is 365 g/mol. The second-order valence-corrected chi connectivity index (χ2v) is 5.42. The fourth-order valence-electron chi connectivity index (χ4n) is 2.28. The number of benzene rings is 2. The van der Waals surface area contributed by atoms with E-state index in [2.05, 4.69) is 15.4 Å². The van der Waals surface area contributed by atoms with E-state index in [4.69, 9.17) is 4.74 Å². The summed E-state index contributed by atoms with van der Waals surface area (Å²) in [4.78, 5) is 23.3. The highest BCUT2D eigenvalue weighted by Crippen LogP contribution is 2.29. The van der Waals surface area contributed by atoms with E-state index in [1.165, 1.54) is 38.3 Å². The van der Waals surface area contributed by atoms with Crippen molar-refractivity contribution >= 4 is 17.5 Å². The first-order valence-electron chi connectivity index (χ1n) is 7.77. The molecule has 27 heavy (non-hydrogen) atoms. The molecule has 6 nitrogen and oxygen atoms in total. The zero-order valence-electron chi connectivity index (χ0n) is 14.5. The number of methoxy groups -OCH3 is 1. The molecule has 0 unspecified atom stereocenters. The first-order chi connectivity index (χ1) is 12.8. The molecule has 0 spiro atoms. The van der Waals surface area contributed by atoms with Crippen molar-refractivity contribution in [3.63, 3.8) is 0 Å². The summed E-state index contributed by atoms with van der Waals surface area (Å²) in [5, 5.41) is 4.93. The van der Waals surface area contributed by atoms with E-state index in [1.54, 1.807) is 6.07 Å². The van der Waals surface area contributed by atoms with Gasteiger partial charge >= 0.3 is 6.61 Å². The van der Waals surface area contributed by atoms with E-state index in [9.17, 15) is 22.8 Å². The third kappa shape index (κ3) is 5.63. The summed E-state index contributed by atoms with van der Waals surface area (Å²) in [6.07, 6.45) is 0. The summed E-state index contributed by atoms with van der Waals surface area (Å²) in [6, 6.07) is 7.83. The second kappa shape index (κ2) is 8.93. The Morgan fingerprint density at radius 1 is 1.11 bits per heavy atom. The molecule has 2 N–H and O–H groups in total. The van der Waals surface area contributed by atoms with Crippen LogP contribution < -0.4 is 20.1 Å². The van der Waals surface area contributed by atoms with Crippen LogP contribution in [0.3, 0.4) is 0 Å². The van der Waals surface area contributed by atoms with E-state index in [-0.39, 0.29) is 35.2 Å². The molecule has 0 saturated heterocycles. The Morgan fingerprint density at radius 2 is 1.85 bits per heavy atom. The van der Waals surface area contributed by atoms with E-state index < -0.39 is 18.3 Å². The lowest BCUT2D eigenvalue weighted by molar-refractivity contribution is -0.114. The van der Waals surface area contributed by atoms with Crippen LogP contribution in [-0.4, -0.2) is 25.5 Å². The molecule has 144 valence electrons. The van der Waals surface area contributed by atoms with Crippen LogP contribution in [0.25, 0.3) is 0 Å². The fourth-order valence-corrected chi connectivity index (χ4v) is 2.28. The molecular formula is C18H17F3N2O4. The van der Waals surface area contributed by atoms with Crippen LogP contribution in [0.4, 0.5) is 18.9 Å². The average Bonchev–Trinajstić information content (AvgIpc) is 2.60. The van der Waals surface area contributed by atoms with E-state index >= 15 is 0 Å². The van der Waals surface area contributed by atoms with Gasteiger partial charge in [-0.05, 0) is 35.9 Å². The van der Waals surface area contributed by atoms with Gasteiger partial charge in [0.2, 0.25) is 5.91 Å². The Morgan fingerprint density at radius 3 is 2.48 bits per heavy atom. The minimum Gasteiger partial charge on any atom is -0.493 e. The largest absolute Gasteiger partial charge is 0.493 e. The maximum absolute atomic E-state index is 13.9. The van der Waals surface area contributed by atoms with E-state index in [0.717, 1.165) is 6.07 Å². The molecule has 0 heterocycles. The molecule has 0 aliphatic rings. The lowest BCUT2D eigenvalue weighted by atomic mass is 10.1. The number of alkyl halides is 2. The highest BCUT2D eigenvalue weighted by atomic mass is 19.3. The molecule has 0 atom stereocenters. The van der Waals surface area contributed by atoms with Gasteiger partial charge in [-0.1, -0.05) is 6.07 Å². The zero-order valence-corrected chi connectivity index (χ0v) is 14.5. The molecule has 2 aromatic rings. The van der Waals surface area contributed by atoms with Crippen LogP contribution in [-0.2, 0) is 11.3 Å². The van der Waals surface area contributed by atoms with Crippen LogP contribution in [0.2, 0.25) is 0 Å². The predicted octanol–water partition coefficient (Wildman–Crippen LogP) is 3.32. The molecule has 0 bridgehead atoms. The number of carbonyl (C=O) groups is 2. The van der Waals surface area contributed by atoms with E-state index in [1.807, 2.05) is 0 Å². The van der Waals surface area contributed by atoms with E-state index in [0.29, 0.717) is 5.56 Å². The molecule has 0 saturated carbocycles. The Hall–Kier alpha value is -3.23. The quantitative estimate of drug-likeness (QED) is 0.770. The molecule has 0 aromatic heterocycles.